The van der Waals surface area contributed by atoms with E-state index in [-0.39, 0.29) is 18.1 Å². The van der Waals surface area contributed by atoms with Crippen LogP contribution < -0.4 is 5.48 Å². The van der Waals surface area contributed by atoms with Gasteiger partial charge in [0.05, 0.1) is 12.1 Å². The third kappa shape index (κ3) is 2.46. The van der Waals surface area contributed by atoms with Gasteiger partial charge in [-0.1, -0.05) is 0 Å². The number of hydrogen-bond donors (Lipinski definition) is 2. The average Bonchev–Trinajstić information content (AvgIpc) is 2.71. The topological polar surface area (TPSA) is 91.3 Å². The number of carbonyl (C=O) groups excluding carboxylic acids is 2. The summed E-state index contributed by atoms with van der Waals surface area (Å²) in [5.74, 6) is -0.321. The Morgan fingerprint density at radius 2 is 2.05 bits per heavy atom. The predicted octanol–water partition coefficient (Wildman–Crippen LogP) is -0.129. The number of urea groups is 1. The van der Waals surface area contributed by atoms with E-state index in [2.05, 4.69) is 5.48 Å². The molecule has 0 radical (unpaired) electrons. The number of carbonyl (C=O) groups is 2. The fourth-order valence-electron chi connectivity index (χ4n) is 2.93. The molecular weight excluding hydrogens is 266 g/mol. The quantitative estimate of drug-likeness (QED) is 0.557. The molecule has 0 saturated carbocycles. The van der Waals surface area contributed by atoms with Gasteiger partial charge in [0.2, 0.25) is 0 Å². The highest BCUT2D eigenvalue weighted by Crippen LogP contribution is 2.28. The Balaban J connectivity index is 1.53. The first kappa shape index (κ1) is 13.6. The van der Waals surface area contributed by atoms with E-state index in [0.717, 1.165) is 17.9 Å². The first-order valence-corrected chi connectivity index (χ1v) is 6.99. The van der Waals surface area contributed by atoms with Crippen LogP contribution in [0.2, 0.25) is 0 Å². The van der Waals surface area contributed by atoms with Gasteiger partial charge in [0, 0.05) is 19.8 Å². The third-order valence-electron chi connectivity index (χ3n) is 4.14. The molecule has 3 rings (SSSR count). The zero-order valence-corrected chi connectivity index (χ0v) is 11.2. The lowest BCUT2D eigenvalue weighted by Crippen LogP contribution is -2.50. The van der Waals surface area contributed by atoms with Gasteiger partial charge in [0.25, 0.3) is 5.91 Å². The number of ether oxygens (including phenoxy) is 1. The molecule has 0 spiro atoms. The van der Waals surface area contributed by atoms with Crippen molar-refractivity contribution in [1.29, 1.82) is 0 Å². The van der Waals surface area contributed by atoms with Crippen molar-refractivity contribution < 1.29 is 24.4 Å². The maximum Gasteiger partial charge on any atom is 0.344 e. The highest BCUT2D eigenvalue weighted by molar-refractivity contribution is 5.87. The van der Waals surface area contributed by atoms with E-state index in [9.17, 15) is 14.8 Å². The van der Waals surface area contributed by atoms with E-state index in [4.69, 9.17) is 9.57 Å². The molecule has 8 nitrogen and oxygen atoms in total. The van der Waals surface area contributed by atoms with Crippen LogP contribution in [0.3, 0.4) is 0 Å². The Bertz CT molecular complexity index is 399. The fraction of sp³-hybridized carbons (Fsp3) is 0.833. The lowest BCUT2D eigenvalue weighted by Gasteiger charge is -2.30. The Morgan fingerprint density at radius 3 is 2.80 bits per heavy atom. The maximum atomic E-state index is 12.1. The summed E-state index contributed by atoms with van der Waals surface area (Å²) in [4.78, 5) is 30.7. The molecule has 0 aliphatic carbocycles. The summed E-state index contributed by atoms with van der Waals surface area (Å²) in [5, 5.41) is 10.3. The van der Waals surface area contributed by atoms with Crippen LogP contribution in [0.15, 0.2) is 0 Å². The van der Waals surface area contributed by atoms with E-state index in [1.165, 1.54) is 4.90 Å². The summed E-state index contributed by atoms with van der Waals surface area (Å²) in [7, 11) is 0. The molecule has 0 unspecified atom stereocenters. The molecule has 3 heterocycles. The first-order chi connectivity index (χ1) is 9.66. The zero-order chi connectivity index (χ0) is 14.1. The molecule has 8 heteroatoms. The largest absolute Gasteiger partial charge is 0.381 e. The van der Waals surface area contributed by atoms with Gasteiger partial charge in [0.1, 0.15) is 6.04 Å². The Kier molecular flexibility index (Phi) is 3.77. The van der Waals surface area contributed by atoms with Gasteiger partial charge in [-0.2, -0.15) is 0 Å². The standard InChI is InChI=1S/C12H19N3O5/c16-11(13-20-9-3-5-19-6-4-9)10-2-1-8-7-14(10)12(17)15(8)18/h8-10,18H,1-7H2,(H,13,16)/t8-,10+/m1/s1. The summed E-state index contributed by atoms with van der Waals surface area (Å²) < 4.78 is 5.21. The number of fused-ring (bicyclic) bond motifs is 2. The van der Waals surface area contributed by atoms with Crippen molar-refractivity contribution in [1.82, 2.24) is 15.4 Å². The monoisotopic (exact) mass is 285 g/mol. The van der Waals surface area contributed by atoms with Crippen LogP contribution in [0.1, 0.15) is 25.7 Å². The smallest absolute Gasteiger partial charge is 0.344 e. The van der Waals surface area contributed by atoms with Crippen molar-refractivity contribution in [3.05, 3.63) is 0 Å². The van der Waals surface area contributed by atoms with Crippen LogP contribution in [-0.4, -0.2) is 65.1 Å². The fourth-order valence-corrected chi connectivity index (χ4v) is 2.93. The highest BCUT2D eigenvalue weighted by Gasteiger charge is 2.46. The van der Waals surface area contributed by atoms with Gasteiger partial charge in [0.15, 0.2) is 0 Å². The third-order valence-corrected chi connectivity index (χ3v) is 4.14. The van der Waals surface area contributed by atoms with Crippen LogP contribution in [0.25, 0.3) is 0 Å². The van der Waals surface area contributed by atoms with E-state index < -0.39 is 12.1 Å². The number of nitrogens with one attached hydrogen (secondary N) is 1. The molecule has 2 atom stereocenters. The molecule has 112 valence electrons. The van der Waals surface area contributed by atoms with Gasteiger partial charge in [-0.3, -0.25) is 14.8 Å². The Hall–Kier alpha value is -1.38. The van der Waals surface area contributed by atoms with Crippen molar-refractivity contribution >= 4 is 11.9 Å². The van der Waals surface area contributed by atoms with E-state index in [1.807, 2.05) is 0 Å². The second-order valence-electron chi connectivity index (χ2n) is 5.42. The van der Waals surface area contributed by atoms with Crippen molar-refractivity contribution in [2.24, 2.45) is 0 Å². The van der Waals surface area contributed by atoms with Crippen LogP contribution >= 0.6 is 0 Å². The number of hydroxylamine groups is 3. The molecule has 0 aromatic carbocycles. The predicted molar refractivity (Wildman–Crippen MR) is 65.6 cm³/mol. The van der Waals surface area contributed by atoms with Crippen LogP contribution in [0, 0.1) is 0 Å². The lowest BCUT2D eigenvalue weighted by molar-refractivity contribution is -0.148. The minimum Gasteiger partial charge on any atom is -0.381 e. The molecule has 3 fully saturated rings. The van der Waals surface area contributed by atoms with Gasteiger partial charge in [-0.25, -0.2) is 15.3 Å². The maximum absolute atomic E-state index is 12.1. The summed E-state index contributed by atoms with van der Waals surface area (Å²) in [6.45, 7) is 1.66. The van der Waals surface area contributed by atoms with Gasteiger partial charge >= 0.3 is 6.03 Å². The molecular formula is C12H19N3O5. The van der Waals surface area contributed by atoms with E-state index >= 15 is 0 Å². The highest BCUT2D eigenvalue weighted by atomic mass is 16.7. The van der Waals surface area contributed by atoms with Crippen molar-refractivity contribution in [2.45, 2.75) is 43.9 Å². The Labute approximate surface area is 116 Å². The summed E-state index contributed by atoms with van der Waals surface area (Å²) >= 11 is 0. The van der Waals surface area contributed by atoms with Crippen molar-refractivity contribution in [2.75, 3.05) is 19.8 Å². The summed E-state index contributed by atoms with van der Waals surface area (Å²) in [6.07, 6.45) is 2.62. The second-order valence-corrected chi connectivity index (χ2v) is 5.42. The van der Waals surface area contributed by atoms with Crippen molar-refractivity contribution in [3.8, 4) is 0 Å². The summed E-state index contributed by atoms with van der Waals surface area (Å²) in [6, 6.07) is -1.25. The number of piperidine rings is 1. The summed E-state index contributed by atoms with van der Waals surface area (Å²) in [5.41, 5.74) is 2.45. The molecule has 3 saturated heterocycles. The van der Waals surface area contributed by atoms with Gasteiger partial charge < -0.3 is 9.64 Å². The second kappa shape index (κ2) is 5.55. The van der Waals surface area contributed by atoms with Crippen molar-refractivity contribution in [3.63, 3.8) is 0 Å². The molecule has 0 aromatic heterocycles. The number of amides is 3. The molecule has 0 aromatic rings. The van der Waals surface area contributed by atoms with Gasteiger partial charge in [-0.15, -0.1) is 0 Å². The van der Waals surface area contributed by atoms with E-state index in [1.54, 1.807) is 0 Å². The average molecular weight is 285 g/mol. The Morgan fingerprint density at radius 1 is 1.30 bits per heavy atom. The number of nitrogens with zero attached hydrogens (tertiary/aromatic N) is 2. The minimum absolute atomic E-state index is 0.0346. The van der Waals surface area contributed by atoms with Crippen LogP contribution in [0.5, 0.6) is 0 Å². The number of rotatable bonds is 3. The molecule has 3 amide bonds. The first-order valence-electron chi connectivity index (χ1n) is 6.99. The zero-order valence-electron chi connectivity index (χ0n) is 11.2. The van der Waals surface area contributed by atoms with E-state index in [0.29, 0.717) is 32.6 Å². The molecule has 3 aliphatic rings. The van der Waals surface area contributed by atoms with Gasteiger partial charge in [-0.05, 0) is 25.7 Å². The lowest BCUT2D eigenvalue weighted by atomic mass is 10.0. The number of hydrogen-bond acceptors (Lipinski definition) is 5. The van der Waals surface area contributed by atoms with Crippen LogP contribution in [-0.2, 0) is 14.4 Å². The minimum atomic E-state index is -0.559. The van der Waals surface area contributed by atoms with Crippen LogP contribution in [0.4, 0.5) is 4.79 Å². The molecule has 3 aliphatic heterocycles. The molecule has 2 N–H and O–H groups in total. The SMILES string of the molecule is O=C(NOC1CCOCC1)[C@@H]1CC[C@@H]2CN1C(=O)N2O. The normalized spacial score (nSPS) is 30.8. The molecule has 20 heavy (non-hydrogen) atoms. The molecule has 2 bridgehead atoms.